The van der Waals surface area contributed by atoms with E-state index >= 15 is 0 Å². The minimum atomic E-state index is -2.72. The molecule has 5 heteroatoms. The van der Waals surface area contributed by atoms with Gasteiger partial charge in [0.05, 0.1) is 6.26 Å². The first-order valence-electron chi connectivity index (χ1n) is 6.39. The molecule has 0 fully saturated rings. The van der Waals surface area contributed by atoms with E-state index in [1.54, 1.807) is 6.26 Å². The first-order chi connectivity index (χ1) is 8.16. The van der Waals surface area contributed by atoms with Gasteiger partial charge in [0.1, 0.15) is 0 Å². The van der Waals surface area contributed by atoms with E-state index in [9.17, 15) is 0 Å². The van der Waals surface area contributed by atoms with Crippen molar-refractivity contribution < 1.29 is 18.0 Å². The van der Waals surface area contributed by atoms with Crippen LogP contribution in [0.4, 0.5) is 0 Å². The lowest BCUT2D eigenvalue weighted by Gasteiger charge is -2.32. The summed E-state index contributed by atoms with van der Waals surface area (Å²) in [6, 6.07) is 0. The molecule has 0 aliphatic heterocycles. The molecule has 0 aliphatic rings. The van der Waals surface area contributed by atoms with Gasteiger partial charge in [0.25, 0.3) is 0 Å². The topological polar surface area (TPSA) is 36.9 Å². The van der Waals surface area contributed by atoms with Crippen molar-refractivity contribution in [1.82, 2.24) is 0 Å². The number of hydrogen-bond donors (Lipinski definition) is 0. The standard InChI is InChI=1S/C12H26O4Si/c1-6-10-11-13-12(5)17(14-7-2,15-8-3)16-9-4/h10-12H,6-9H2,1-5H3. The summed E-state index contributed by atoms with van der Waals surface area (Å²) in [6.45, 7) is 11.5. The molecule has 0 saturated carbocycles. The van der Waals surface area contributed by atoms with Gasteiger partial charge in [0, 0.05) is 19.8 Å². The van der Waals surface area contributed by atoms with E-state index in [0.29, 0.717) is 19.8 Å². The fraction of sp³-hybridized carbons (Fsp3) is 0.833. The van der Waals surface area contributed by atoms with Crippen LogP contribution in [0, 0.1) is 0 Å². The Bertz CT molecular complexity index is 192. The lowest BCUT2D eigenvalue weighted by molar-refractivity contribution is 0.0224. The summed E-state index contributed by atoms with van der Waals surface area (Å²) in [5.41, 5.74) is -0.190. The molecule has 0 aromatic heterocycles. The van der Waals surface area contributed by atoms with Gasteiger partial charge in [0.2, 0.25) is 0 Å². The molecule has 1 atom stereocenters. The molecule has 0 aromatic carbocycles. The van der Waals surface area contributed by atoms with Crippen molar-refractivity contribution in [3.05, 3.63) is 12.3 Å². The van der Waals surface area contributed by atoms with Crippen molar-refractivity contribution in [2.75, 3.05) is 19.8 Å². The molecular formula is C12H26O4Si. The molecular weight excluding hydrogens is 236 g/mol. The number of allylic oxidation sites excluding steroid dienone is 1. The Kier molecular flexibility index (Phi) is 9.44. The fourth-order valence-electron chi connectivity index (χ4n) is 1.43. The summed E-state index contributed by atoms with van der Waals surface area (Å²) in [4.78, 5) is 0. The molecule has 102 valence electrons. The van der Waals surface area contributed by atoms with Gasteiger partial charge in [0.15, 0.2) is 5.73 Å². The summed E-state index contributed by atoms with van der Waals surface area (Å²) in [5, 5.41) is 0. The van der Waals surface area contributed by atoms with Gasteiger partial charge in [-0.3, -0.25) is 0 Å². The summed E-state index contributed by atoms with van der Waals surface area (Å²) >= 11 is 0. The second kappa shape index (κ2) is 9.64. The van der Waals surface area contributed by atoms with Gasteiger partial charge in [-0.2, -0.15) is 0 Å². The van der Waals surface area contributed by atoms with Gasteiger partial charge >= 0.3 is 8.80 Å². The smallest absolute Gasteiger partial charge is 0.494 e. The average molecular weight is 262 g/mol. The molecule has 0 amide bonds. The van der Waals surface area contributed by atoms with Crippen molar-refractivity contribution >= 4 is 8.80 Å². The summed E-state index contributed by atoms with van der Waals surface area (Å²) < 4.78 is 22.8. The zero-order chi connectivity index (χ0) is 13.1. The number of ether oxygens (including phenoxy) is 1. The number of rotatable bonds is 10. The number of hydrogen-bond acceptors (Lipinski definition) is 4. The van der Waals surface area contributed by atoms with Gasteiger partial charge in [-0.25, -0.2) is 0 Å². The van der Waals surface area contributed by atoms with Crippen LogP contribution in [0.3, 0.4) is 0 Å². The van der Waals surface area contributed by atoms with Crippen LogP contribution in [0.1, 0.15) is 41.0 Å². The molecule has 0 radical (unpaired) electrons. The highest BCUT2D eigenvalue weighted by atomic mass is 28.4. The molecule has 1 unspecified atom stereocenters. The first kappa shape index (κ1) is 16.6. The minimum absolute atomic E-state index is 0.190. The molecule has 0 N–H and O–H groups in total. The van der Waals surface area contributed by atoms with Gasteiger partial charge < -0.3 is 18.0 Å². The van der Waals surface area contributed by atoms with Gasteiger partial charge in [-0.15, -0.1) is 0 Å². The summed E-state index contributed by atoms with van der Waals surface area (Å²) in [5.74, 6) is 0. The van der Waals surface area contributed by atoms with E-state index < -0.39 is 8.80 Å². The average Bonchev–Trinajstić information content (AvgIpc) is 2.30. The van der Waals surface area contributed by atoms with Crippen LogP contribution >= 0.6 is 0 Å². The molecule has 4 nitrogen and oxygen atoms in total. The maximum atomic E-state index is 5.74. The zero-order valence-corrected chi connectivity index (χ0v) is 12.7. The monoisotopic (exact) mass is 262 g/mol. The predicted molar refractivity (Wildman–Crippen MR) is 70.6 cm³/mol. The van der Waals surface area contributed by atoms with Crippen LogP contribution in [-0.4, -0.2) is 34.4 Å². The quantitative estimate of drug-likeness (QED) is 0.448. The Hall–Kier alpha value is -0.363. The lowest BCUT2D eigenvalue weighted by Crippen LogP contribution is -2.56. The molecule has 0 heterocycles. The van der Waals surface area contributed by atoms with Crippen LogP contribution in [0.2, 0.25) is 0 Å². The van der Waals surface area contributed by atoms with Crippen molar-refractivity contribution in [3.63, 3.8) is 0 Å². The van der Waals surface area contributed by atoms with Crippen LogP contribution in [0.25, 0.3) is 0 Å². The highest BCUT2D eigenvalue weighted by molar-refractivity contribution is 6.62. The Morgan fingerprint density at radius 2 is 1.41 bits per heavy atom. The van der Waals surface area contributed by atoms with E-state index in [1.807, 2.05) is 33.8 Å². The Balaban J connectivity index is 4.64. The summed E-state index contributed by atoms with van der Waals surface area (Å²) in [6.07, 6.45) is 4.60. The normalized spacial score (nSPS) is 14.2. The van der Waals surface area contributed by atoms with Crippen LogP contribution < -0.4 is 0 Å². The Morgan fingerprint density at radius 1 is 0.941 bits per heavy atom. The van der Waals surface area contributed by atoms with E-state index in [2.05, 4.69) is 6.92 Å². The van der Waals surface area contributed by atoms with Gasteiger partial charge in [-0.05, 0) is 34.1 Å². The highest BCUT2D eigenvalue weighted by Crippen LogP contribution is 2.18. The third-order valence-electron chi connectivity index (χ3n) is 2.15. The Labute approximate surface area is 106 Å². The largest absolute Gasteiger partial charge is 0.543 e. The van der Waals surface area contributed by atoms with Crippen molar-refractivity contribution in [2.24, 2.45) is 0 Å². The van der Waals surface area contributed by atoms with Crippen molar-refractivity contribution in [3.8, 4) is 0 Å². The minimum Gasteiger partial charge on any atom is -0.494 e. The summed E-state index contributed by atoms with van der Waals surface area (Å²) in [7, 11) is -2.72. The molecule has 0 spiro atoms. The maximum absolute atomic E-state index is 5.74. The highest BCUT2D eigenvalue weighted by Gasteiger charge is 2.48. The van der Waals surface area contributed by atoms with E-state index in [-0.39, 0.29) is 5.73 Å². The predicted octanol–water partition coefficient (Wildman–Crippen LogP) is 2.90. The van der Waals surface area contributed by atoms with Gasteiger partial charge in [-0.1, -0.05) is 13.0 Å². The molecule has 17 heavy (non-hydrogen) atoms. The van der Waals surface area contributed by atoms with E-state index in [0.717, 1.165) is 6.42 Å². The fourth-order valence-corrected chi connectivity index (χ4v) is 3.84. The zero-order valence-electron chi connectivity index (χ0n) is 11.7. The van der Waals surface area contributed by atoms with Crippen LogP contribution in [-0.2, 0) is 18.0 Å². The second-order valence-corrected chi connectivity index (χ2v) is 6.35. The molecule has 0 aromatic rings. The van der Waals surface area contributed by atoms with E-state index in [1.165, 1.54) is 0 Å². The SMILES string of the molecule is CCC=COC(C)[Si](OCC)(OCC)OCC. The molecule has 0 saturated heterocycles. The van der Waals surface area contributed by atoms with Crippen LogP contribution in [0.15, 0.2) is 12.3 Å². The van der Waals surface area contributed by atoms with Crippen LogP contribution in [0.5, 0.6) is 0 Å². The van der Waals surface area contributed by atoms with Crippen molar-refractivity contribution in [1.29, 1.82) is 0 Å². The molecule has 0 rings (SSSR count). The Morgan fingerprint density at radius 3 is 1.76 bits per heavy atom. The molecule has 0 bridgehead atoms. The lowest BCUT2D eigenvalue weighted by atomic mass is 10.5. The van der Waals surface area contributed by atoms with Crippen molar-refractivity contribution in [2.45, 2.75) is 46.8 Å². The maximum Gasteiger partial charge on any atom is 0.543 e. The second-order valence-electron chi connectivity index (χ2n) is 3.46. The van der Waals surface area contributed by atoms with E-state index in [4.69, 9.17) is 18.0 Å². The third kappa shape index (κ3) is 5.67. The molecule has 0 aliphatic carbocycles. The first-order valence-corrected chi connectivity index (χ1v) is 8.19. The third-order valence-corrected chi connectivity index (χ3v) is 5.35.